The van der Waals surface area contributed by atoms with Gasteiger partial charge in [0.2, 0.25) is 0 Å². The quantitative estimate of drug-likeness (QED) is 0.0192. The van der Waals surface area contributed by atoms with Crippen molar-refractivity contribution in [3.8, 4) is 28.4 Å². The molecule has 4 unspecified atom stereocenters. The molecule has 2 fully saturated rings. The molecule has 4 amide bonds. The average Bonchev–Trinajstić information content (AvgIpc) is 1.55. The van der Waals surface area contributed by atoms with Crippen molar-refractivity contribution in [2.45, 2.75) is 255 Å². The number of benzene rings is 8. The summed E-state index contributed by atoms with van der Waals surface area (Å²) in [6.45, 7) is 36.6. The molecule has 8 aromatic rings. The maximum absolute atomic E-state index is 13.9. The van der Waals surface area contributed by atoms with Crippen LogP contribution in [0.25, 0.3) is 11.1 Å². The van der Waals surface area contributed by atoms with Crippen LogP contribution in [-0.4, -0.2) is 150 Å². The van der Waals surface area contributed by atoms with Crippen molar-refractivity contribution in [2.24, 2.45) is 17.3 Å². The van der Waals surface area contributed by atoms with Gasteiger partial charge in [0.15, 0.2) is 11.6 Å². The van der Waals surface area contributed by atoms with Gasteiger partial charge in [-0.05, 0) is 303 Å². The molecule has 28 heteroatoms. The lowest BCUT2D eigenvalue weighted by Crippen LogP contribution is -2.42. The number of carbonyl (C=O) groups is 9. The molecular formula is C106H138F4N4O20. The summed E-state index contributed by atoms with van der Waals surface area (Å²) in [5.41, 5.74) is 12.4. The number of alkyl carbamates (subject to hydrolysis) is 4. The van der Waals surface area contributed by atoms with Crippen molar-refractivity contribution >= 4 is 56.0 Å². The largest absolute Gasteiger partial charge is 0.496 e. The molecule has 0 heterocycles. The SMILES string of the molecule is CCc1ccc(C)c(OC)c1.COc1cc(C)ccc1CC(COC=O)NC(=O)OC(C)(C)C.COc1cc(CC(COC=O)NC(=O)OC(C)(C)C)c(F)cc1[18F].Cc1cc(CC(COC=O)NC(=O)OC(C)(C)C)ccc1[18F].Cc1ccc(CC(COC=O)NC(=O)OC(C)(C)C)cc1.Cc1ccc2c(c1)[C@H]1CC[C@]3(C)C(=O)CC[C@H]3[C@@H]1CC2.[18F]c1ccc(-c2ccccc2)cc1. The molecule has 2 saturated carbocycles. The molecule has 4 N–H and O–H groups in total. The minimum Gasteiger partial charge on any atom is -0.496 e. The van der Waals surface area contributed by atoms with Gasteiger partial charge in [-0.25, -0.2) is 36.7 Å². The molecule has 0 spiro atoms. The molecule has 3 aliphatic rings. The third-order valence-electron chi connectivity index (χ3n) is 21.8. The average molecular weight is 1860 g/mol. The van der Waals surface area contributed by atoms with E-state index >= 15 is 0 Å². The molecule has 8 aromatic carbocycles. The number of Topliss-reactive ketones (excluding diaryl/α,β-unsaturated/α-hetero) is 1. The zero-order valence-corrected chi connectivity index (χ0v) is 81.7. The summed E-state index contributed by atoms with van der Waals surface area (Å²) in [5, 5.41) is 10.6. The Balaban J connectivity index is 0.000000279. The molecule has 0 bridgehead atoms. The van der Waals surface area contributed by atoms with Gasteiger partial charge in [-0.15, -0.1) is 0 Å². The Morgan fingerprint density at radius 3 is 1.33 bits per heavy atom. The number of carbonyl (C=O) groups excluding carboxylic acids is 9. The summed E-state index contributed by atoms with van der Waals surface area (Å²) >= 11 is 0. The molecular weight excluding hydrogens is 1720 g/mol. The highest BCUT2D eigenvalue weighted by molar-refractivity contribution is 5.87. The van der Waals surface area contributed by atoms with Gasteiger partial charge < -0.3 is 73.4 Å². The number of fused-ring (bicyclic) bond motifs is 5. The molecule has 24 nitrogen and oxygen atoms in total. The summed E-state index contributed by atoms with van der Waals surface area (Å²) in [7, 11) is 4.56. The van der Waals surface area contributed by atoms with Crippen LogP contribution in [-0.2, 0) is 100 Å². The molecule has 11 rings (SSSR count). The fourth-order valence-electron chi connectivity index (χ4n) is 15.5. The predicted molar refractivity (Wildman–Crippen MR) is 508 cm³/mol. The van der Waals surface area contributed by atoms with Gasteiger partial charge in [0.25, 0.3) is 25.9 Å². The molecule has 0 saturated heterocycles. The molecule has 0 radical (unpaired) electrons. The van der Waals surface area contributed by atoms with Gasteiger partial charge in [0.1, 0.15) is 83.6 Å². The van der Waals surface area contributed by atoms with Crippen LogP contribution < -0.4 is 35.5 Å². The minimum absolute atomic E-state index is 0.0131. The smallest absolute Gasteiger partial charge is 0.408 e. The number of halogens is 4. The van der Waals surface area contributed by atoms with Crippen molar-refractivity contribution in [3.63, 3.8) is 0 Å². The second-order valence-electron chi connectivity index (χ2n) is 37.4. The van der Waals surface area contributed by atoms with Gasteiger partial charge in [0, 0.05) is 17.9 Å². The highest BCUT2D eigenvalue weighted by Crippen LogP contribution is 2.59. The Bertz CT molecular complexity index is 5050. The Morgan fingerprint density at radius 2 is 0.858 bits per heavy atom. The molecule has 134 heavy (non-hydrogen) atoms. The number of aryl methyl sites for hydroxylation is 7. The van der Waals surface area contributed by atoms with Crippen molar-refractivity contribution < 1.29 is 113 Å². The zero-order valence-electron chi connectivity index (χ0n) is 81.7. The lowest BCUT2D eigenvalue weighted by Gasteiger charge is -2.48. The van der Waals surface area contributed by atoms with Crippen molar-refractivity contribution in [3.05, 3.63) is 254 Å². The highest BCUT2D eigenvalue weighted by Gasteiger charge is 2.54. The van der Waals surface area contributed by atoms with E-state index < -0.39 is 76.5 Å². The van der Waals surface area contributed by atoms with E-state index in [2.05, 4.69) is 90.1 Å². The van der Waals surface area contributed by atoms with E-state index in [0.717, 1.165) is 82.4 Å². The van der Waals surface area contributed by atoms with E-state index in [4.69, 9.17) is 47.4 Å². The number of amides is 4. The van der Waals surface area contributed by atoms with Gasteiger partial charge in [-0.3, -0.25) is 24.0 Å². The van der Waals surface area contributed by atoms with Crippen LogP contribution in [0, 0.1) is 75.1 Å². The van der Waals surface area contributed by atoms with E-state index in [-0.39, 0.29) is 73.7 Å². The molecule has 730 valence electrons. The monoisotopic (exact) mass is 1860 g/mol. The van der Waals surface area contributed by atoms with E-state index in [1.54, 1.807) is 140 Å². The molecule has 0 aliphatic heterocycles. The van der Waals surface area contributed by atoms with Crippen LogP contribution in [0.15, 0.2) is 164 Å². The molecule has 0 aromatic heterocycles. The Hall–Kier alpha value is -12.5. The third-order valence-corrected chi connectivity index (χ3v) is 21.8. The second-order valence-corrected chi connectivity index (χ2v) is 37.4. The fourth-order valence-corrected chi connectivity index (χ4v) is 15.5. The van der Waals surface area contributed by atoms with Crippen molar-refractivity contribution in [2.75, 3.05) is 47.8 Å². The summed E-state index contributed by atoms with van der Waals surface area (Å²) in [4.78, 5) is 101. The summed E-state index contributed by atoms with van der Waals surface area (Å²) in [5.74, 6) is 2.17. The molecule has 3 aliphatic carbocycles. The first-order valence-electron chi connectivity index (χ1n) is 44.9. The molecule has 8 atom stereocenters. The zero-order chi connectivity index (χ0) is 99.7. The van der Waals surface area contributed by atoms with Crippen LogP contribution in [0.1, 0.15) is 202 Å². The van der Waals surface area contributed by atoms with E-state index in [1.165, 1.54) is 72.9 Å². The van der Waals surface area contributed by atoms with Crippen LogP contribution in [0.3, 0.4) is 0 Å². The number of ketones is 1. The third kappa shape index (κ3) is 40.5. The first-order valence-corrected chi connectivity index (χ1v) is 44.9. The maximum atomic E-state index is 13.9. The maximum Gasteiger partial charge on any atom is 0.408 e. The van der Waals surface area contributed by atoms with Crippen molar-refractivity contribution in [1.29, 1.82) is 0 Å². The summed E-state index contributed by atoms with van der Waals surface area (Å²) in [6, 6.07) is 48.2. The fraction of sp³-hybridized carbons (Fsp3) is 0.462. The number of rotatable bonds is 29. The predicted octanol–water partition coefficient (Wildman–Crippen LogP) is 21.0. The Kier molecular flexibility index (Phi) is 45.7. The first-order chi connectivity index (χ1) is 63.1. The Labute approximate surface area is 788 Å². The van der Waals surface area contributed by atoms with E-state index in [9.17, 15) is 60.7 Å². The lowest BCUT2D eigenvalue weighted by molar-refractivity contribution is -0.130. The number of methoxy groups -OCH3 is 3. The van der Waals surface area contributed by atoms with Crippen molar-refractivity contribution in [1.82, 2.24) is 21.3 Å². The number of hydrogen-bond acceptors (Lipinski definition) is 20. The number of nitrogens with one attached hydrogen (secondary N) is 4. The van der Waals surface area contributed by atoms with Gasteiger partial charge in [-0.1, -0.05) is 146 Å². The standard InChI is InChI=1S/C19H24O.C17H25NO5.C16H21F2NO5.C16H22FNO4.C16H23NO4.C12H9F.C10H14O/c1-12-3-4-13-5-6-15-14(16(13)11-12)9-10-19(2)17(15)7-8-18(19)20;1-12-6-7-13(15(8-12)21-5)9-14(10-22-11-19)18-16(20)23-17(2,3)4;1-16(2,3)24-15(21)19-11(8-23-9-20)5-10-6-14(22-4)13(18)7-12(10)17;1-11-7-12(5-6-14(11)17)8-13(9-21-10-19)18-15(20)22-16(2,3)4;1-12-5-7-13(8-6-12)9-14(10-20-11-18)17-15(19)21-16(2,3)4;13-12-8-6-11(7-9-12)10-4-2-1-3-5-10;1-4-9-6-5-8(2)10(7-9)11-3/h3-4,11,14-15,17H,5-10H2,1-2H3;6-8,11,14H,9-10H2,1-5H3,(H,18,20);6-7,9,11H,5,8H2,1-4H3,(H,19,21);5-7,10,13H,8-9H2,1-4H3,(H,18,20);5-8,11,14H,9-10H2,1-4H3,(H,17,19);1-9H;5-7H,4H2,1-3H3/t14-,15+,17-,19-;;;;;;/m0....../s1/i;;18-1;17-1;;13-1;. The van der Waals surface area contributed by atoms with Gasteiger partial charge >= 0.3 is 24.4 Å². The van der Waals surface area contributed by atoms with Crippen LogP contribution in [0.2, 0.25) is 0 Å². The van der Waals surface area contributed by atoms with Gasteiger partial charge in [0.05, 0.1) is 45.5 Å². The Morgan fingerprint density at radius 1 is 0.418 bits per heavy atom. The normalized spacial score (nSPS) is 15.9. The number of ether oxygens (including phenoxy) is 11. The second kappa shape index (κ2) is 54.6. The number of hydrogen-bond donors (Lipinski definition) is 4. The van der Waals surface area contributed by atoms with Crippen LogP contribution >= 0.6 is 0 Å². The van der Waals surface area contributed by atoms with Crippen LogP contribution in [0.4, 0.5) is 36.7 Å². The highest BCUT2D eigenvalue weighted by atomic mass is 19.1. The lowest BCUT2D eigenvalue weighted by atomic mass is 9.55. The topological polar surface area (TPSA) is 303 Å². The van der Waals surface area contributed by atoms with Crippen LogP contribution in [0.5, 0.6) is 17.2 Å². The van der Waals surface area contributed by atoms with Gasteiger partial charge in [-0.2, -0.15) is 0 Å². The van der Waals surface area contributed by atoms with E-state index in [1.807, 2.05) is 86.6 Å². The summed E-state index contributed by atoms with van der Waals surface area (Å²) < 4.78 is 108. The first kappa shape index (κ1) is 112. The summed E-state index contributed by atoms with van der Waals surface area (Å²) in [6.07, 6.45) is 6.88. The minimum atomic E-state index is -0.834. The van der Waals surface area contributed by atoms with E-state index in [0.29, 0.717) is 62.0 Å².